The Bertz CT molecular complexity index is 1010. The Hall–Kier alpha value is -3.48. The van der Waals surface area contributed by atoms with Crippen LogP contribution in [0.4, 0.5) is 20.7 Å². The Morgan fingerprint density at radius 3 is 2.46 bits per heavy atom. The highest BCUT2D eigenvalue weighted by Gasteiger charge is 2.10. The zero-order chi connectivity index (χ0) is 18.7. The highest BCUT2D eigenvalue weighted by atomic mass is 19.1. The minimum Gasteiger partial charge on any atom is -0.308 e. The van der Waals surface area contributed by atoms with Crippen LogP contribution in [0.2, 0.25) is 0 Å². The van der Waals surface area contributed by atoms with E-state index < -0.39 is 17.4 Å². The van der Waals surface area contributed by atoms with Crippen LogP contribution in [-0.4, -0.2) is 15.6 Å². The normalized spacial score (nSPS) is 10.4. The second-order valence-electron chi connectivity index (χ2n) is 5.81. The van der Waals surface area contributed by atoms with E-state index in [0.29, 0.717) is 11.4 Å². The first-order valence-corrected chi connectivity index (χ1v) is 7.93. The zero-order valence-corrected chi connectivity index (χ0v) is 14.3. The summed E-state index contributed by atoms with van der Waals surface area (Å²) >= 11 is 0. The second kappa shape index (κ2) is 7.18. The quantitative estimate of drug-likeness (QED) is 0.756. The number of aromatic nitrogens is 2. The lowest BCUT2D eigenvalue weighted by Crippen LogP contribution is -2.28. The maximum atomic E-state index is 13.0. The fourth-order valence-corrected chi connectivity index (χ4v) is 2.39. The fraction of sp³-hybridized carbons (Fsp3) is 0.105. The lowest BCUT2D eigenvalue weighted by atomic mass is 10.1. The number of benzene rings is 2. The number of carbonyl (C=O) groups excluding carboxylic acids is 1. The molecule has 1 heterocycles. The van der Waals surface area contributed by atoms with E-state index in [1.807, 2.05) is 26.0 Å². The molecular weight excluding hydrogens is 335 g/mol. The standard InChI is InChI=1S/C19H17FN4O2/c1-12-3-6-15(11-13(12)2)22-19(26)23-17-18(25)24(10-9-21-17)16-7-4-14(20)5-8-16/h3-11H,1-2H3,(H2,21,22,23,26). The summed E-state index contributed by atoms with van der Waals surface area (Å²) in [4.78, 5) is 28.6. The first kappa shape index (κ1) is 17.3. The summed E-state index contributed by atoms with van der Waals surface area (Å²) in [5, 5.41) is 5.11. The Balaban J connectivity index is 1.80. The average molecular weight is 352 g/mol. The van der Waals surface area contributed by atoms with Crippen LogP contribution in [0.3, 0.4) is 0 Å². The van der Waals surface area contributed by atoms with Gasteiger partial charge in [-0.15, -0.1) is 0 Å². The molecule has 0 bridgehead atoms. The molecule has 0 aliphatic carbocycles. The average Bonchev–Trinajstić information content (AvgIpc) is 2.61. The number of amides is 2. The van der Waals surface area contributed by atoms with Crippen molar-refractivity contribution in [3.05, 3.63) is 82.2 Å². The number of rotatable bonds is 3. The van der Waals surface area contributed by atoms with Crippen molar-refractivity contribution in [1.82, 2.24) is 9.55 Å². The van der Waals surface area contributed by atoms with Crippen molar-refractivity contribution in [2.45, 2.75) is 13.8 Å². The van der Waals surface area contributed by atoms with Gasteiger partial charge in [-0.2, -0.15) is 0 Å². The summed E-state index contributed by atoms with van der Waals surface area (Å²) in [7, 11) is 0. The van der Waals surface area contributed by atoms with Crippen molar-refractivity contribution in [3.8, 4) is 5.69 Å². The molecule has 7 heteroatoms. The van der Waals surface area contributed by atoms with E-state index >= 15 is 0 Å². The van der Waals surface area contributed by atoms with Gasteiger partial charge in [-0.05, 0) is 61.4 Å². The lowest BCUT2D eigenvalue weighted by Gasteiger charge is -2.10. The van der Waals surface area contributed by atoms with E-state index in [0.717, 1.165) is 11.1 Å². The third-order valence-electron chi connectivity index (χ3n) is 3.94. The van der Waals surface area contributed by atoms with Gasteiger partial charge in [0.1, 0.15) is 5.82 Å². The number of anilines is 2. The summed E-state index contributed by atoms with van der Waals surface area (Å²) in [5.41, 5.74) is 2.72. The molecule has 2 amide bonds. The molecule has 2 aromatic carbocycles. The van der Waals surface area contributed by atoms with E-state index in [-0.39, 0.29) is 5.82 Å². The third kappa shape index (κ3) is 3.77. The van der Waals surface area contributed by atoms with Crippen LogP contribution in [0, 0.1) is 19.7 Å². The number of carbonyl (C=O) groups is 1. The minimum atomic E-state index is -0.574. The molecule has 26 heavy (non-hydrogen) atoms. The number of nitrogens with zero attached hydrogens (tertiary/aromatic N) is 2. The summed E-state index contributed by atoms with van der Waals surface area (Å²) in [5.74, 6) is -0.528. The molecule has 0 saturated carbocycles. The van der Waals surface area contributed by atoms with Crippen LogP contribution in [0.1, 0.15) is 11.1 Å². The Morgan fingerprint density at radius 2 is 1.77 bits per heavy atom. The number of nitrogens with one attached hydrogen (secondary N) is 2. The molecule has 0 atom stereocenters. The van der Waals surface area contributed by atoms with Gasteiger partial charge in [-0.25, -0.2) is 14.2 Å². The van der Waals surface area contributed by atoms with Crippen molar-refractivity contribution in [2.75, 3.05) is 10.6 Å². The summed E-state index contributed by atoms with van der Waals surface area (Å²) in [6.45, 7) is 3.92. The molecule has 3 rings (SSSR count). The molecule has 0 fully saturated rings. The van der Waals surface area contributed by atoms with Gasteiger partial charge in [0.2, 0.25) is 5.82 Å². The van der Waals surface area contributed by atoms with Crippen molar-refractivity contribution < 1.29 is 9.18 Å². The van der Waals surface area contributed by atoms with Gasteiger partial charge in [0.25, 0.3) is 5.56 Å². The molecular formula is C19H17FN4O2. The molecule has 0 saturated heterocycles. The van der Waals surface area contributed by atoms with Crippen molar-refractivity contribution >= 4 is 17.5 Å². The SMILES string of the molecule is Cc1ccc(NC(=O)Nc2nccn(-c3ccc(F)cc3)c2=O)cc1C. The van der Waals surface area contributed by atoms with Gasteiger partial charge in [0.05, 0.1) is 0 Å². The van der Waals surface area contributed by atoms with E-state index in [1.165, 1.54) is 41.2 Å². The first-order valence-electron chi connectivity index (χ1n) is 7.93. The maximum absolute atomic E-state index is 13.0. The van der Waals surface area contributed by atoms with E-state index in [1.54, 1.807) is 6.07 Å². The van der Waals surface area contributed by atoms with Gasteiger partial charge < -0.3 is 5.32 Å². The van der Waals surface area contributed by atoms with Crippen LogP contribution < -0.4 is 16.2 Å². The number of urea groups is 1. The molecule has 0 spiro atoms. The predicted molar refractivity (Wildman–Crippen MR) is 98.3 cm³/mol. The van der Waals surface area contributed by atoms with Gasteiger partial charge >= 0.3 is 6.03 Å². The Morgan fingerprint density at radius 1 is 1.04 bits per heavy atom. The first-order chi connectivity index (χ1) is 12.4. The topological polar surface area (TPSA) is 76.0 Å². The van der Waals surface area contributed by atoms with Crippen LogP contribution in [0.5, 0.6) is 0 Å². The maximum Gasteiger partial charge on any atom is 0.325 e. The molecule has 132 valence electrons. The third-order valence-corrected chi connectivity index (χ3v) is 3.94. The summed E-state index contributed by atoms with van der Waals surface area (Å²) in [6, 6.07) is 10.4. The van der Waals surface area contributed by atoms with Crippen LogP contribution in [0.25, 0.3) is 5.69 Å². The van der Waals surface area contributed by atoms with E-state index in [4.69, 9.17) is 0 Å². The number of hydrogen-bond acceptors (Lipinski definition) is 3. The minimum absolute atomic E-state index is 0.127. The summed E-state index contributed by atoms with van der Waals surface area (Å²) in [6.07, 6.45) is 2.83. The van der Waals surface area contributed by atoms with Crippen molar-refractivity contribution in [1.29, 1.82) is 0 Å². The molecule has 2 N–H and O–H groups in total. The lowest BCUT2D eigenvalue weighted by molar-refractivity contribution is 0.262. The molecule has 6 nitrogen and oxygen atoms in total. The predicted octanol–water partition coefficient (Wildman–Crippen LogP) is 3.63. The molecule has 1 aromatic heterocycles. The molecule has 0 unspecified atom stereocenters. The smallest absolute Gasteiger partial charge is 0.308 e. The number of hydrogen-bond donors (Lipinski definition) is 2. The van der Waals surface area contributed by atoms with Gasteiger partial charge in [0.15, 0.2) is 0 Å². The largest absolute Gasteiger partial charge is 0.325 e. The van der Waals surface area contributed by atoms with Gasteiger partial charge in [-0.3, -0.25) is 14.7 Å². The number of halogens is 1. The molecule has 0 aliphatic heterocycles. The monoisotopic (exact) mass is 352 g/mol. The van der Waals surface area contributed by atoms with Crippen LogP contribution >= 0.6 is 0 Å². The number of aryl methyl sites for hydroxylation is 2. The second-order valence-corrected chi connectivity index (χ2v) is 5.81. The van der Waals surface area contributed by atoms with Crippen molar-refractivity contribution in [3.63, 3.8) is 0 Å². The zero-order valence-electron chi connectivity index (χ0n) is 14.3. The highest BCUT2D eigenvalue weighted by molar-refractivity contribution is 5.99. The van der Waals surface area contributed by atoms with Gasteiger partial charge in [-0.1, -0.05) is 6.07 Å². The van der Waals surface area contributed by atoms with E-state index in [9.17, 15) is 14.0 Å². The molecule has 0 radical (unpaired) electrons. The van der Waals surface area contributed by atoms with E-state index in [2.05, 4.69) is 15.6 Å². The molecule has 3 aromatic rings. The van der Waals surface area contributed by atoms with Crippen LogP contribution in [0.15, 0.2) is 59.7 Å². The molecule has 0 aliphatic rings. The Kier molecular flexibility index (Phi) is 4.79. The van der Waals surface area contributed by atoms with Gasteiger partial charge in [0, 0.05) is 23.8 Å². The Labute approximate surface area is 149 Å². The van der Waals surface area contributed by atoms with Crippen molar-refractivity contribution in [2.24, 2.45) is 0 Å². The summed E-state index contributed by atoms with van der Waals surface area (Å²) < 4.78 is 14.3. The fourth-order valence-electron chi connectivity index (χ4n) is 2.39. The highest BCUT2D eigenvalue weighted by Crippen LogP contribution is 2.14. The van der Waals surface area contributed by atoms with Crippen LogP contribution in [-0.2, 0) is 0 Å².